The summed E-state index contributed by atoms with van der Waals surface area (Å²) in [6, 6.07) is 4.53. The van der Waals surface area contributed by atoms with Gasteiger partial charge in [-0.2, -0.15) is 4.39 Å². The zero-order valence-electron chi connectivity index (χ0n) is 20.8. The van der Waals surface area contributed by atoms with Gasteiger partial charge in [0.15, 0.2) is 0 Å². The van der Waals surface area contributed by atoms with Gasteiger partial charge in [-0.25, -0.2) is 14.1 Å². The molecule has 0 bridgehead atoms. The molecular formula is C26H26ClF2NO7S. The smallest absolute Gasteiger partial charge is 0.334 e. The van der Waals surface area contributed by atoms with E-state index in [0.29, 0.717) is 29.1 Å². The molecule has 1 aromatic heterocycles. The maximum absolute atomic E-state index is 15.3. The Hall–Kier alpha value is -3.15. The second-order valence-electron chi connectivity index (χ2n) is 8.19. The van der Waals surface area contributed by atoms with Crippen LogP contribution in [0.1, 0.15) is 47.8 Å². The van der Waals surface area contributed by atoms with E-state index in [1.807, 2.05) is 0 Å². The van der Waals surface area contributed by atoms with Gasteiger partial charge in [0, 0.05) is 28.7 Å². The number of hydrogen-bond donors (Lipinski definition) is 0. The van der Waals surface area contributed by atoms with Crippen molar-refractivity contribution < 1.29 is 42.2 Å². The zero-order chi connectivity index (χ0) is 27.8. The van der Waals surface area contributed by atoms with Gasteiger partial charge in [-0.1, -0.05) is 17.7 Å². The summed E-state index contributed by atoms with van der Waals surface area (Å²) in [4.78, 5) is 52.8. The monoisotopic (exact) mass is 569 g/mol. The van der Waals surface area contributed by atoms with Gasteiger partial charge in [-0.05, 0) is 50.8 Å². The van der Waals surface area contributed by atoms with Crippen molar-refractivity contribution in [2.45, 2.75) is 39.0 Å². The third-order valence-electron chi connectivity index (χ3n) is 5.66. The third-order valence-corrected chi connectivity index (χ3v) is 7.14. The molecule has 0 aliphatic heterocycles. The minimum absolute atomic E-state index is 0.0305. The minimum Gasteiger partial charge on any atom is -0.466 e. The van der Waals surface area contributed by atoms with Crippen molar-refractivity contribution in [3.63, 3.8) is 0 Å². The number of halogens is 3. The highest BCUT2D eigenvalue weighted by molar-refractivity contribution is 7.11. The summed E-state index contributed by atoms with van der Waals surface area (Å²) in [6.07, 6.45) is 1.08. The predicted octanol–water partition coefficient (Wildman–Crippen LogP) is 5.02. The lowest BCUT2D eigenvalue weighted by Crippen LogP contribution is -2.40. The van der Waals surface area contributed by atoms with Gasteiger partial charge in [0.1, 0.15) is 18.1 Å². The lowest BCUT2D eigenvalue weighted by molar-refractivity contribution is -0.142. The zero-order valence-corrected chi connectivity index (χ0v) is 22.4. The summed E-state index contributed by atoms with van der Waals surface area (Å²) in [6.45, 7) is 1.80. The number of anilines is 1. The number of nitrogens with zero attached hydrogens (tertiary/aromatic N) is 1. The molecule has 0 fully saturated rings. The van der Waals surface area contributed by atoms with E-state index in [9.17, 15) is 23.6 Å². The summed E-state index contributed by atoms with van der Waals surface area (Å²) in [5.74, 6) is -4.21. The van der Waals surface area contributed by atoms with Crippen LogP contribution in [0, 0.1) is 10.9 Å². The Kier molecular flexibility index (Phi) is 10.5. The van der Waals surface area contributed by atoms with E-state index in [4.69, 9.17) is 25.8 Å². The normalized spacial score (nSPS) is 13.3. The van der Waals surface area contributed by atoms with Crippen LogP contribution in [-0.2, 0) is 35.0 Å². The number of benzene rings is 1. The number of carbonyl (C=O) groups excluding carboxylic acids is 4. The number of hydrogen-bond acceptors (Lipinski definition) is 8. The van der Waals surface area contributed by atoms with Crippen molar-refractivity contribution in [3.8, 4) is 0 Å². The summed E-state index contributed by atoms with van der Waals surface area (Å²) in [5.41, 5.74) is -0.794. The molecule has 0 saturated carbocycles. The molecule has 0 atom stereocenters. The van der Waals surface area contributed by atoms with Crippen LogP contribution in [0.4, 0.5) is 14.5 Å². The Labute approximate surface area is 227 Å². The molecule has 0 N–H and O–H groups in total. The predicted molar refractivity (Wildman–Crippen MR) is 136 cm³/mol. The van der Waals surface area contributed by atoms with Crippen LogP contribution in [-0.4, -0.2) is 50.7 Å². The summed E-state index contributed by atoms with van der Waals surface area (Å²) >= 11 is 6.90. The van der Waals surface area contributed by atoms with Crippen molar-refractivity contribution in [1.29, 1.82) is 0 Å². The lowest BCUT2D eigenvalue weighted by atomic mass is 9.90. The standard InChI is InChI=1S/C26H26ClF2NO7S/c1-3-36-20(31)14-19-21(27)22(23(29)38-19)30(24(32)15-7-6-8-16(28)13-15)25(33)17-9-4-5-10-18(17)26(34)37-12-11-35-2/h6-8,13H,3-5,9-12,14H2,1-2H3. The minimum atomic E-state index is -1.05. The van der Waals surface area contributed by atoms with Crippen LogP contribution >= 0.6 is 22.9 Å². The first-order chi connectivity index (χ1) is 18.2. The van der Waals surface area contributed by atoms with Crippen LogP contribution in [0.2, 0.25) is 5.02 Å². The van der Waals surface area contributed by atoms with Gasteiger partial charge in [-0.3, -0.25) is 14.4 Å². The van der Waals surface area contributed by atoms with E-state index in [0.717, 1.165) is 12.1 Å². The highest BCUT2D eigenvalue weighted by atomic mass is 35.5. The summed E-state index contributed by atoms with van der Waals surface area (Å²) < 4.78 is 44.3. The van der Waals surface area contributed by atoms with Crippen LogP contribution in [0.15, 0.2) is 35.4 Å². The van der Waals surface area contributed by atoms with Gasteiger partial charge >= 0.3 is 11.9 Å². The van der Waals surface area contributed by atoms with Crippen LogP contribution in [0.5, 0.6) is 0 Å². The largest absolute Gasteiger partial charge is 0.466 e. The van der Waals surface area contributed by atoms with E-state index < -0.39 is 40.4 Å². The van der Waals surface area contributed by atoms with Crippen molar-refractivity contribution in [3.05, 3.63) is 61.8 Å². The van der Waals surface area contributed by atoms with Crippen molar-refractivity contribution in [2.75, 3.05) is 31.8 Å². The van der Waals surface area contributed by atoms with Crippen molar-refractivity contribution >= 4 is 52.4 Å². The molecule has 3 rings (SSSR count). The number of methoxy groups -OCH3 is 1. The van der Waals surface area contributed by atoms with Crippen LogP contribution in [0.25, 0.3) is 0 Å². The van der Waals surface area contributed by atoms with Crippen LogP contribution < -0.4 is 4.90 Å². The van der Waals surface area contributed by atoms with E-state index in [-0.39, 0.29) is 65.7 Å². The number of esters is 2. The van der Waals surface area contributed by atoms with Gasteiger partial charge < -0.3 is 14.2 Å². The van der Waals surface area contributed by atoms with Gasteiger partial charge in [0.2, 0.25) is 5.13 Å². The molecule has 0 unspecified atom stereocenters. The molecule has 1 aliphatic rings. The molecular weight excluding hydrogens is 544 g/mol. The summed E-state index contributed by atoms with van der Waals surface area (Å²) in [7, 11) is 1.44. The quantitative estimate of drug-likeness (QED) is 0.225. The third kappa shape index (κ3) is 6.83. The average Bonchev–Trinajstić information content (AvgIpc) is 3.16. The molecule has 8 nitrogen and oxygen atoms in total. The van der Waals surface area contributed by atoms with Crippen molar-refractivity contribution in [2.24, 2.45) is 0 Å². The first kappa shape index (κ1) is 29.4. The maximum atomic E-state index is 15.3. The molecule has 38 heavy (non-hydrogen) atoms. The Morgan fingerprint density at radius 3 is 2.39 bits per heavy atom. The van der Waals surface area contributed by atoms with E-state index in [1.165, 1.54) is 19.2 Å². The topological polar surface area (TPSA) is 99.2 Å². The lowest BCUT2D eigenvalue weighted by Gasteiger charge is -2.25. The number of carbonyl (C=O) groups is 4. The first-order valence-electron chi connectivity index (χ1n) is 11.8. The Morgan fingerprint density at radius 2 is 1.74 bits per heavy atom. The molecule has 0 radical (unpaired) electrons. The SMILES string of the molecule is CCOC(=O)Cc1sc(F)c(N(C(=O)C2=C(C(=O)OCCOC)CCCC2)C(=O)c2cccc(F)c2)c1Cl. The molecule has 1 aliphatic carbocycles. The molecule has 12 heteroatoms. The Bertz CT molecular complexity index is 1260. The second kappa shape index (κ2) is 13.6. The number of imide groups is 1. The van der Waals surface area contributed by atoms with Crippen LogP contribution in [0.3, 0.4) is 0 Å². The number of amides is 2. The fourth-order valence-corrected chi connectivity index (χ4v) is 5.20. The maximum Gasteiger partial charge on any atom is 0.334 e. The molecule has 1 heterocycles. The van der Waals surface area contributed by atoms with E-state index >= 15 is 4.39 Å². The molecule has 204 valence electrons. The van der Waals surface area contributed by atoms with E-state index in [1.54, 1.807) is 6.92 Å². The van der Waals surface area contributed by atoms with Gasteiger partial charge in [-0.15, -0.1) is 11.3 Å². The molecule has 0 saturated heterocycles. The Balaban J connectivity index is 2.12. The number of thiophene rings is 1. The number of rotatable bonds is 10. The average molecular weight is 570 g/mol. The second-order valence-corrected chi connectivity index (χ2v) is 9.63. The summed E-state index contributed by atoms with van der Waals surface area (Å²) in [5, 5.41) is -1.34. The molecule has 0 spiro atoms. The van der Waals surface area contributed by atoms with E-state index in [2.05, 4.69) is 0 Å². The highest BCUT2D eigenvalue weighted by Gasteiger charge is 2.37. The van der Waals surface area contributed by atoms with Gasteiger partial charge in [0.25, 0.3) is 11.8 Å². The van der Waals surface area contributed by atoms with Crippen molar-refractivity contribution in [1.82, 2.24) is 0 Å². The Morgan fingerprint density at radius 1 is 1.03 bits per heavy atom. The number of ether oxygens (including phenoxy) is 3. The molecule has 2 aromatic rings. The fraction of sp³-hybridized carbons (Fsp3) is 0.385. The molecule has 2 amide bonds. The fourth-order valence-electron chi connectivity index (χ4n) is 3.91. The van der Waals surface area contributed by atoms with Gasteiger partial charge in [0.05, 0.1) is 24.7 Å². The molecule has 1 aromatic carbocycles. The highest BCUT2D eigenvalue weighted by Crippen LogP contribution is 2.41. The first-order valence-corrected chi connectivity index (χ1v) is 13.0.